The van der Waals surface area contributed by atoms with Crippen LogP contribution in [0.3, 0.4) is 0 Å². The summed E-state index contributed by atoms with van der Waals surface area (Å²) in [5.74, 6) is 0. The Labute approximate surface area is 107 Å². The lowest BCUT2D eigenvalue weighted by Gasteiger charge is -2.22. The third kappa shape index (κ3) is 2.64. The lowest BCUT2D eigenvalue weighted by Crippen LogP contribution is -2.35. The number of hydrogen-bond acceptors (Lipinski definition) is 3. The van der Waals surface area contributed by atoms with Gasteiger partial charge in [-0.05, 0) is 37.9 Å². The Balaban J connectivity index is 1.53. The van der Waals surface area contributed by atoms with Crippen LogP contribution in [0, 0.1) is 0 Å². The van der Waals surface area contributed by atoms with Crippen molar-refractivity contribution >= 4 is 11.0 Å². The van der Waals surface area contributed by atoms with Crippen LogP contribution in [0.2, 0.25) is 0 Å². The minimum Gasteiger partial charge on any atom is -0.465 e. The zero-order valence-electron chi connectivity index (χ0n) is 10.5. The van der Waals surface area contributed by atoms with Gasteiger partial charge in [-0.15, -0.1) is 0 Å². The minimum absolute atomic E-state index is 0.614. The Morgan fingerprint density at radius 2 is 2.22 bits per heavy atom. The molecule has 96 valence electrons. The molecule has 4 heteroatoms. The molecule has 3 rings (SSSR count). The molecule has 1 atom stereocenters. The van der Waals surface area contributed by atoms with E-state index in [2.05, 4.69) is 15.3 Å². The van der Waals surface area contributed by atoms with E-state index in [1.165, 1.54) is 19.3 Å². The summed E-state index contributed by atoms with van der Waals surface area (Å²) in [6.45, 7) is 1.87. The van der Waals surface area contributed by atoms with Gasteiger partial charge in [-0.2, -0.15) is 4.98 Å². The molecule has 2 heterocycles. The molecule has 0 saturated carbocycles. The average molecular weight is 245 g/mol. The van der Waals surface area contributed by atoms with E-state index >= 15 is 0 Å². The summed E-state index contributed by atoms with van der Waals surface area (Å²) in [4.78, 5) is 7.58. The molecule has 1 aliphatic heterocycles. The van der Waals surface area contributed by atoms with Gasteiger partial charge < -0.3 is 15.0 Å². The maximum atomic E-state index is 5.69. The van der Waals surface area contributed by atoms with Gasteiger partial charge in [0.1, 0.15) is 0 Å². The van der Waals surface area contributed by atoms with Gasteiger partial charge in [-0.3, -0.25) is 0 Å². The van der Waals surface area contributed by atoms with Crippen LogP contribution in [-0.4, -0.2) is 29.2 Å². The Morgan fingerprint density at radius 3 is 3.06 bits per heavy atom. The van der Waals surface area contributed by atoms with Crippen molar-refractivity contribution < 1.29 is 4.74 Å². The highest BCUT2D eigenvalue weighted by molar-refractivity contribution is 5.75. The molecule has 1 aromatic heterocycles. The van der Waals surface area contributed by atoms with Crippen molar-refractivity contribution in [2.45, 2.75) is 31.7 Å². The summed E-state index contributed by atoms with van der Waals surface area (Å²) < 4.78 is 5.69. The molecule has 1 fully saturated rings. The molecule has 0 aliphatic carbocycles. The molecular formula is C14H19N3O. The highest BCUT2D eigenvalue weighted by atomic mass is 16.5. The summed E-state index contributed by atoms with van der Waals surface area (Å²) in [6, 6.07) is 9.23. The number of nitrogens with one attached hydrogen (secondary N) is 2. The first-order chi connectivity index (χ1) is 8.92. The molecule has 4 nitrogen and oxygen atoms in total. The average Bonchev–Trinajstić information content (AvgIpc) is 2.82. The molecule has 2 N–H and O–H groups in total. The van der Waals surface area contributed by atoms with Crippen molar-refractivity contribution in [2.24, 2.45) is 0 Å². The van der Waals surface area contributed by atoms with Crippen LogP contribution < -0.4 is 10.1 Å². The molecule has 0 spiro atoms. The van der Waals surface area contributed by atoms with Crippen molar-refractivity contribution in [2.75, 3.05) is 13.2 Å². The minimum atomic E-state index is 0.614. The summed E-state index contributed by atoms with van der Waals surface area (Å²) >= 11 is 0. The van der Waals surface area contributed by atoms with E-state index in [-0.39, 0.29) is 0 Å². The number of aromatic amines is 1. The first-order valence-electron chi connectivity index (χ1n) is 6.73. The largest absolute Gasteiger partial charge is 0.465 e. The summed E-state index contributed by atoms with van der Waals surface area (Å²) in [5, 5.41) is 3.52. The molecule has 1 saturated heterocycles. The fourth-order valence-electron chi connectivity index (χ4n) is 2.47. The Morgan fingerprint density at radius 1 is 1.28 bits per heavy atom. The van der Waals surface area contributed by atoms with Gasteiger partial charge in [0.25, 0.3) is 6.01 Å². The number of H-pyrrole nitrogens is 1. The molecule has 1 aromatic carbocycles. The first-order valence-corrected chi connectivity index (χ1v) is 6.73. The maximum Gasteiger partial charge on any atom is 0.294 e. The monoisotopic (exact) mass is 245 g/mol. The molecule has 1 aliphatic rings. The number of benzene rings is 1. The number of piperidine rings is 1. The topological polar surface area (TPSA) is 49.9 Å². The molecule has 18 heavy (non-hydrogen) atoms. The summed E-state index contributed by atoms with van der Waals surface area (Å²) in [6.07, 6.45) is 4.96. The van der Waals surface area contributed by atoms with Gasteiger partial charge >= 0.3 is 0 Å². The van der Waals surface area contributed by atoms with Crippen molar-refractivity contribution in [1.82, 2.24) is 15.3 Å². The number of fused-ring (bicyclic) bond motifs is 1. The number of aromatic nitrogens is 2. The van der Waals surface area contributed by atoms with Crippen LogP contribution in [0.15, 0.2) is 24.3 Å². The zero-order valence-corrected chi connectivity index (χ0v) is 10.5. The number of nitrogens with zero attached hydrogens (tertiary/aromatic N) is 1. The number of rotatable bonds is 4. The van der Waals surface area contributed by atoms with Gasteiger partial charge in [-0.1, -0.05) is 18.6 Å². The van der Waals surface area contributed by atoms with Crippen LogP contribution in [0.25, 0.3) is 11.0 Å². The summed E-state index contributed by atoms with van der Waals surface area (Å²) in [5.41, 5.74) is 1.99. The van der Waals surface area contributed by atoms with Crippen LogP contribution in [0.5, 0.6) is 6.01 Å². The van der Waals surface area contributed by atoms with Crippen LogP contribution in [-0.2, 0) is 0 Å². The second kappa shape index (κ2) is 5.40. The normalized spacial score (nSPS) is 20.1. The third-order valence-corrected chi connectivity index (χ3v) is 3.49. The molecule has 2 aromatic rings. The Hall–Kier alpha value is -1.55. The number of ether oxygens (including phenoxy) is 1. The van der Waals surface area contributed by atoms with E-state index in [9.17, 15) is 0 Å². The van der Waals surface area contributed by atoms with Gasteiger partial charge in [0.15, 0.2) is 0 Å². The number of hydrogen-bond donors (Lipinski definition) is 2. The SMILES string of the molecule is c1ccc2[nH]c(OCCC3CCCCN3)nc2c1. The lowest BCUT2D eigenvalue weighted by molar-refractivity contribution is 0.255. The van der Waals surface area contributed by atoms with Crippen LogP contribution >= 0.6 is 0 Å². The maximum absolute atomic E-state index is 5.69. The fraction of sp³-hybridized carbons (Fsp3) is 0.500. The van der Waals surface area contributed by atoms with Crippen LogP contribution in [0.1, 0.15) is 25.7 Å². The van der Waals surface area contributed by atoms with E-state index < -0.39 is 0 Å². The first kappa shape index (κ1) is 11.5. The standard InChI is InChI=1S/C14H19N3O/c1-2-7-13-12(6-1)16-14(17-13)18-10-8-11-5-3-4-9-15-11/h1-2,6-7,11,15H,3-5,8-10H2,(H,16,17). The van der Waals surface area contributed by atoms with Crippen molar-refractivity contribution in [1.29, 1.82) is 0 Å². The predicted molar refractivity (Wildman–Crippen MR) is 71.8 cm³/mol. The molecule has 1 unspecified atom stereocenters. The number of para-hydroxylation sites is 2. The zero-order chi connectivity index (χ0) is 12.2. The quantitative estimate of drug-likeness (QED) is 0.870. The predicted octanol–water partition coefficient (Wildman–Crippen LogP) is 2.47. The highest BCUT2D eigenvalue weighted by Crippen LogP contribution is 2.16. The van der Waals surface area contributed by atoms with E-state index in [1.807, 2.05) is 24.3 Å². The lowest BCUT2D eigenvalue weighted by atomic mass is 10.0. The van der Waals surface area contributed by atoms with Crippen molar-refractivity contribution in [3.63, 3.8) is 0 Å². The molecule has 0 radical (unpaired) electrons. The molecule has 0 amide bonds. The van der Waals surface area contributed by atoms with Crippen LogP contribution in [0.4, 0.5) is 0 Å². The van der Waals surface area contributed by atoms with Gasteiger partial charge in [-0.25, -0.2) is 0 Å². The smallest absolute Gasteiger partial charge is 0.294 e. The van der Waals surface area contributed by atoms with E-state index in [0.29, 0.717) is 12.1 Å². The van der Waals surface area contributed by atoms with Crippen molar-refractivity contribution in [3.05, 3.63) is 24.3 Å². The van der Waals surface area contributed by atoms with Gasteiger partial charge in [0.05, 0.1) is 17.6 Å². The summed E-state index contributed by atoms with van der Waals surface area (Å²) in [7, 11) is 0. The second-order valence-electron chi connectivity index (χ2n) is 4.84. The fourth-order valence-corrected chi connectivity index (χ4v) is 2.47. The van der Waals surface area contributed by atoms with E-state index in [0.717, 1.165) is 30.6 Å². The van der Waals surface area contributed by atoms with E-state index in [4.69, 9.17) is 4.74 Å². The Kier molecular flexibility index (Phi) is 3.46. The Bertz CT molecular complexity index is 469. The number of imidazole rings is 1. The third-order valence-electron chi connectivity index (χ3n) is 3.49. The second-order valence-corrected chi connectivity index (χ2v) is 4.84. The van der Waals surface area contributed by atoms with Crippen molar-refractivity contribution in [3.8, 4) is 6.01 Å². The van der Waals surface area contributed by atoms with Gasteiger partial charge in [0.2, 0.25) is 0 Å². The molecular weight excluding hydrogens is 226 g/mol. The molecule has 0 bridgehead atoms. The van der Waals surface area contributed by atoms with Gasteiger partial charge in [0, 0.05) is 6.04 Å². The highest BCUT2D eigenvalue weighted by Gasteiger charge is 2.12. The van der Waals surface area contributed by atoms with E-state index in [1.54, 1.807) is 0 Å².